The second-order valence-electron chi connectivity index (χ2n) is 12.1. The minimum atomic E-state index is -1.41. The number of nitriles is 1. The van der Waals surface area contributed by atoms with E-state index in [0.29, 0.717) is 16.8 Å². The second kappa shape index (κ2) is 11.3. The van der Waals surface area contributed by atoms with Crippen molar-refractivity contribution in [2.45, 2.75) is 51.6 Å². The van der Waals surface area contributed by atoms with E-state index in [4.69, 9.17) is 14.5 Å². The fourth-order valence-corrected chi connectivity index (χ4v) is 5.09. The van der Waals surface area contributed by atoms with Gasteiger partial charge in [-0.2, -0.15) is 10.4 Å². The van der Waals surface area contributed by atoms with Crippen LogP contribution in [0, 0.1) is 22.8 Å². The van der Waals surface area contributed by atoms with Gasteiger partial charge in [0.15, 0.2) is 0 Å². The molecular weight excluding hydrogens is 530 g/mol. The van der Waals surface area contributed by atoms with Crippen molar-refractivity contribution in [1.29, 1.82) is 5.26 Å². The molecule has 0 bridgehead atoms. The molecule has 4 aromatic rings. The Hall–Kier alpha value is -4.31. The molecule has 1 fully saturated rings. The molecule has 1 atom stereocenters. The maximum Gasteiger partial charge on any atom is 0.138 e. The summed E-state index contributed by atoms with van der Waals surface area (Å²) in [5.41, 5.74) is 6.21. The van der Waals surface area contributed by atoms with Crippen LogP contribution in [0.3, 0.4) is 0 Å². The molecule has 1 aliphatic rings. The Balaban J connectivity index is 1.29. The highest BCUT2D eigenvalue weighted by atomic mass is 28.3. The molecule has 1 aliphatic heterocycles. The van der Waals surface area contributed by atoms with Gasteiger partial charge >= 0.3 is 0 Å². The minimum Gasteiger partial charge on any atom is -0.489 e. The van der Waals surface area contributed by atoms with Gasteiger partial charge in [0, 0.05) is 35.9 Å². The third-order valence-electron chi connectivity index (χ3n) is 6.57. The third kappa shape index (κ3) is 7.07. The van der Waals surface area contributed by atoms with E-state index in [1.54, 1.807) is 30.8 Å². The number of pyridine rings is 2. The van der Waals surface area contributed by atoms with Crippen LogP contribution >= 0.6 is 0 Å². The molecule has 41 heavy (non-hydrogen) atoms. The Kier molecular flexibility index (Phi) is 7.77. The van der Waals surface area contributed by atoms with Crippen LogP contribution in [0.1, 0.15) is 31.4 Å². The molecule has 9 heteroatoms. The fraction of sp³-hybridized carbons (Fsp3) is 0.344. The highest BCUT2D eigenvalue weighted by Crippen LogP contribution is 2.32. The topological polar surface area (TPSA) is 95.9 Å². The fourth-order valence-electron chi connectivity index (χ4n) is 4.57. The highest BCUT2D eigenvalue weighted by molar-refractivity contribution is 6.83. The highest BCUT2D eigenvalue weighted by Gasteiger charge is 2.25. The Morgan fingerprint density at radius 3 is 2.54 bits per heavy atom. The predicted molar refractivity (Wildman–Crippen MR) is 163 cm³/mol. The number of benzene rings is 1. The number of rotatable bonds is 7. The zero-order valence-corrected chi connectivity index (χ0v) is 25.2. The average molecular weight is 566 g/mol. The first-order chi connectivity index (χ1) is 19.5. The molecule has 5 rings (SSSR count). The van der Waals surface area contributed by atoms with Crippen molar-refractivity contribution in [3.8, 4) is 40.2 Å². The summed E-state index contributed by atoms with van der Waals surface area (Å²) in [6.45, 7) is 11.8. The molecule has 0 radical (unpaired) electrons. The van der Waals surface area contributed by atoms with Crippen LogP contribution in [0.25, 0.3) is 16.6 Å². The second-order valence-corrected chi connectivity index (χ2v) is 16.8. The number of aliphatic hydroxyl groups is 1. The first kappa shape index (κ1) is 28.2. The van der Waals surface area contributed by atoms with Crippen LogP contribution in [0.2, 0.25) is 19.6 Å². The molecule has 4 heterocycles. The van der Waals surface area contributed by atoms with Gasteiger partial charge in [0.05, 0.1) is 35.6 Å². The van der Waals surface area contributed by atoms with E-state index in [1.807, 2.05) is 48.7 Å². The summed E-state index contributed by atoms with van der Waals surface area (Å²) in [7, 11) is -1.41. The molecule has 1 N–H and O–H groups in total. The van der Waals surface area contributed by atoms with E-state index < -0.39 is 13.7 Å². The molecule has 210 valence electrons. The molecule has 3 aromatic heterocycles. The third-order valence-corrected chi connectivity index (χ3v) is 7.44. The molecule has 1 aromatic carbocycles. The molecular formula is C32H35N5O3Si. The van der Waals surface area contributed by atoms with Crippen LogP contribution in [0.4, 0.5) is 5.82 Å². The summed E-state index contributed by atoms with van der Waals surface area (Å²) >= 11 is 0. The summed E-state index contributed by atoms with van der Waals surface area (Å²) in [5.74, 6) is 5.55. The largest absolute Gasteiger partial charge is 0.489 e. The Morgan fingerprint density at radius 1 is 1.10 bits per heavy atom. The maximum absolute atomic E-state index is 10.1. The van der Waals surface area contributed by atoms with E-state index >= 15 is 0 Å². The van der Waals surface area contributed by atoms with Crippen molar-refractivity contribution >= 4 is 19.4 Å². The van der Waals surface area contributed by atoms with Crippen LogP contribution in [-0.4, -0.2) is 59.2 Å². The van der Waals surface area contributed by atoms with Gasteiger partial charge in [-0.3, -0.25) is 0 Å². The normalized spacial score (nSPS) is 15.3. The van der Waals surface area contributed by atoms with Crippen molar-refractivity contribution in [2.75, 3.05) is 24.6 Å². The van der Waals surface area contributed by atoms with Gasteiger partial charge in [0.1, 0.15) is 44.2 Å². The van der Waals surface area contributed by atoms with Crippen LogP contribution in [0.15, 0.2) is 61.1 Å². The molecule has 0 amide bonds. The number of fused-ring (bicyclic) bond motifs is 1. The summed E-state index contributed by atoms with van der Waals surface area (Å²) < 4.78 is 13.7. The number of hydrogen-bond acceptors (Lipinski definition) is 7. The quantitative estimate of drug-likeness (QED) is 0.240. The van der Waals surface area contributed by atoms with E-state index in [1.165, 1.54) is 0 Å². The van der Waals surface area contributed by atoms with Crippen molar-refractivity contribution in [1.82, 2.24) is 14.6 Å². The monoisotopic (exact) mass is 565 g/mol. The van der Waals surface area contributed by atoms with Gasteiger partial charge in [-0.05, 0) is 56.3 Å². The molecule has 1 saturated heterocycles. The Bertz CT molecular complexity index is 1630. The molecule has 0 aliphatic carbocycles. The van der Waals surface area contributed by atoms with Gasteiger partial charge in [-0.25, -0.2) is 9.50 Å². The van der Waals surface area contributed by atoms with Gasteiger partial charge in [-0.15, -0.1) is 5.54 Å². The zero-order chi connectivity index (χ0) is 29.2. The van der Waals surface area contributed by atoms with Crippen molar-refractivity contribution in [2.24, 2.45) is 0 Å². The van der Waals surface area contributed by atoms with Gasteiger partial charge in [-0.1, -0.05) is 25.6 Å². The van der Waals surface area contributed by atoms with Gasteiger partial charge in [0.25, 0.3) is 0 Å². The zero-order valence-electron chi connectivity index (χ0n) is 24.2. The summed E-state index contributed by atoms with van der Waals surface area (Å²) in [4.78, 5) is 6.98. The molecule has 0 unspecified atom stereocenters. The first-order valence-electron chi connectivity index (χ1n) is 13.8. The predicted octanol–water partition coefficient (Wildman–Crippen LogP) is 5.30. The van der Waals surface area contributed by atoms with E-state index in [0.717, 1.165) is 47.8 Å². The lowest BCUT2D eigenvalue weighted by molar-refractivity contribution is 0.0283. The number of nitrogens with zero attached hydrogens (tertiary/aromatic N) is 5. The lowest BCUT2D eigenvalue weighted by Gasteiger charge is -2.19. The average Bonchev–Trinajstić information content (AvgIpc) is 3.57. The smallest absolute Gasteiger partial charge is 0.138 e. The Labute approximate surface area is 242 Å². The van der Waals surface area contributed by atoms with Crippen molar-refractivity contribution in [3.63, 3.8) is 0 Å². The number of anilines is 1. The number of hydrogen-bond donors (Lipinski definition) is 1. The standard InChI is InChI=1S/C32H35N5O3Si/c1-32(2,38)22-39-28-16-29(31-25(17-33)19-35-37(31)21-28)24-8-11-30(34-18-24)36-14-12-27(20-36)40-26-9-6-23(7-10-26)13-15-41(3,4)5/h6-11,16,18-19,21,27,38H,12,14,20,22H2,1-5H3/t27-/m0/s1. The van der Waals surface area contributed by atoms with Gasteiger partial charge < -0.3 is 19.5 Å². The van der Waals surface area contributed by atoms with Crippen molar-refractivity contribution in [3.05, 3.63) is 72.2 Å². The Morgan fingerprint density at radius 2 is 1.88 bits per heavy atom. The van der Waals surface area contributed by atoms with E-state index in [2.05, 4.69) is 47.2 Å². The summed E-state index contributed by atoms with van der Waals surface area (Å²) in [6, 6.07) is 16.1. The number of aromatic nitrogens is 3. The minimum absolute atomic E-state index is 0.0737. The summed E-state index contributed by atoms with van der Waals surface area (Å²) in [5, 5.41) is 24.1. The molecule has 0 saturated carbocycles. The van der Waals surface area contributed by atoms with Crippen LogP contribution in [0.5, 0.6) is 11.5 Å². The van der Waals surface area contributed by atoms with Gasteiger partial charge in [0.2, 0.25) is 0 Å². The van der Waals surface area contributed by atoms with Crippen LogP contribution < -0.4 is 14.4 Å². The van der Waals surface area contributed by atoms with E-state index in [-0.39, 0.29) is 12.7 Å². The lowest BCUT2D eigenvalue weighted by atomic mass is 10.1. The van der Waals surface area contributed by atoms with E-state index in [9.17, 15) is 10.4 Å². The lowest BCUT2D eigenvalue weighted by Crippen LogP contribution is -2.27. The van der Waals surface area contributed by atoms with Crippen molar-refractivity contribution < 1.29 is 14.6 Å². The molecule has 8 nitrogen and oxygen atoms in total. The number of ether oxygens (including phenoxy) is 2. The molecule has 0 spiro atoms. The maximum atomic E-state index is 10.1. The summed E-state index contributed by atoms with van der Waals surface area (Å²) in [6.07, 6.45) is 6.05. The first-order valence-corrected chi connectivity index (χ1v) is 17.3. The SMILES string of the molecule is CC(C)(O)COc1cc(-c2ccc(N3CC[C@H](Oc4ccc(C#C[Si](C)(C)C)cc4)C3)nc2)c2c(C#N)cnn2c1. The van der Waals surface area contributed by atoms with Crippen LogP contribution in [-0.2, 0) is 0 Å².